The molecule has 0 heterocycles. The van der Waals surface area contributed by atoms with Crippen molar-refractivity contribution in [3.8, 4) is 6.07 Å². The molecule has 0 fully saturated rings. The molecule has 0 aromatic carbocycles. The monoisotopic (exact) mass is 202 g/mol. The number of thioether (sulfide) groups is 1. The fraction of sp³-hybridized carbons (Fsp3) is 0.750. The average molecular weight is 202 g/mol. The minimum atomic E-state index is -1.04. The lowest BCUT2D eigenvalue weighted by Crippen LogP contribution is -2.47. The van der Waals surface area contributed by atoms with Crippen molar-refractivity contribution in [3.05, 3.63) is 0 Å². The van der Waals surface area contributed by atoms with Gasteiger partial charge in [0.05, 0.1) is 11.3 Å². The predicted octanol–water partition coefficient (Wildman–Crippen LogP) is 0.822. The summed E-state index contributed by atoms with van der Waals surface area (Å²) in [4.78, 5) is 10.6. The zero-order valence-corrected chi connectivity index (χ0v) is 8.76. The summed E-state index contributed by atoms with van der Waals surface area (Å²) in [6, 6.07) is 1.08. The zero-order valence-electron chi connectivity index (χ0n) is 7.94. The third-order valence-electron chi connectivity index (χ3n) is 1.68. The molecule has 1 unspecified atom stereocenters. The largest absolute Gasteiger partial charge is 0.480 e. The number of nitrogens with two attached hydrogens (primary N) is 1. The first kappa shape index (κ1) is 12.3. The summed E-state index contributed by atoms with van der Waals surface area (Å²) in [5, 5.41) is 17.0. The first-order valence-electron chi connectivity index (χ1n) is 3.87. The number of nitrogens with zero attached hydrogens (tertiary/aromatic N) is 1. The predicted molar refractivity (Wildman–Crippen MR) is 52.4 cm³/mol. The SMILES string of the molecule is CC(C#N)SC(C)(C)[C@H](N)C(=O)O. The van der Waals surface area contributed by atoms with Crippen molar-refractivity contribution in [3.63, 3.8) is 0 Å². The summed E-state index contributed by atoms with van der Waals surface area (Å²) < 4.78 is -0.624. The van der Waals surface area contributed by atoms with Crippen LogP contribution >= 0.6 is 11.8 Å². The summed E-state index contributed by atoms with van der Waals surface area (Å²) in [5.41, 5.74) is 5.47. The summed E-state index contributed by atoms with van der Waals surface area (Å²) in [7, 11) is 0. The number of carbonyl (C=O) groups is 1. The van der Waals surface area contributed by atoms with E-state index in [0.717, 1.165) is 0 Å². The Morgan fingerprint density at radius 1 is 1.69 bits per heavy atom. The molecule has 0 aliphatic rings. The molecule has 0 radical (unpaired) electrons. The second-order valence-electron chi connectivity index (χ2n) is 3.31. The summed E-state index contributed by atoms with van der Waals surface area (Å²) >= 11 is 1.27. The molecular formula is C8H14N2O2S. The van der Waals surface area contributed by atoms with Crippen LogP contribution in [0.4, 0.5) is 0 Å². The highest BCUT2D eigenvalue weighted by Gasteiger charge is 2.34. The molecule has 4 nitrogen and oxygen atoms in total. The fourth-order valence-corrected chi connectivity index (χ4v) is 2.06. The van der Waals surface area contributed by atoms with E-state index in [9.17, 15) is 4.79 Å². The highest BCUT2D eigenvalue weighted by atomic mass is 32.2. The van der Waals surface area contributed by atoms with Crippen molar-refractivity contribution in [1.82, 2.24) is 0 Å². The van der Waals surface area contributed by atoms with Crippen LogP contribution in [0, 0.1) is 11.3 Å². The first-order chi connectivity index (χ1) is 5.81. The molecule has 0 spiro atoms. The minimum absolute atomic E-state index is 0.250. The molecule has 0 saturated heterocycles. The lowest BCUT2D eigenvalue weighted by Gasteiger charge is -2.28. The van der Waals surface area contributed by atoms with Gasteiger partial charge in [0.1, 0.15) is 6.04 Å². The number of hydrogen-bond donors (Lipinski definition) is 2. The molecule has 0 rings (SSSR count). The smallest absolute Gasteiger partial charge is 0.321 e. The van der Waals surface area contributed by atoms with Crippen LogP contribution in [0.25, 0.3) is 0 Å². The molecule has 0 saturated carbocycles. The Morgan fingerprint density at radius 2 is 2.15 bits per heavy atom. The van der Waals surface area contributed by atoms with Crippen molar-refractivity contribution >= 4 is 17.7 Å². The van der Waals surface area contributed by atoms with Crippen LogP contribution in [-0.2, 0) is 4.79 Å². The molecular weight excluding hydrogens is 188 g/mol. The Bertz CT molecular complexity index is 235. The van der Waals surface area contributed by atoms with Crippen LogP contribution in [-0.4, -0.2) is 27.1 Å². The third kappa shape index (κ3) is 3.66. The van der Waals surface area contributed by atoms with Gasteiger partial charge < -0.3 is 10.8 Å². The zero-order chi connectivity index (χ0) is 10.6. The maximum absolute atomic E-state index is 10.6. The molecule has 2 atom stereocenters. The first-order valence-corrected chi connectivity index (χ1v) is 4.75. The van der Waals surface area contributed by atoms with Crippen molar-refractivity contribution in [2.24, 2.45) is 5.73 Å². The number of rotatable bonds is 4. The average Bonchev–Trinajstić information content (AvgIpc) is 2.01. The van der Waals surface area contributed by atoms with Crippen LogP contribution in [0.5, 0.6) is 0 Å². The fourth-order valence-electron chi connectivity index (χ4n) is 0.853. The van der Waals surface area contributed by atoms with E-state index in [2.05, 4.69) is 0 Å². The molecule has 0 aliphatic carbocycles. The van der Waals surface area contributed by atoms with E-state index >= 15 is 0 Å². The van der Waals surface area contributed by atoms with Crippen LogP contribution in [0.1, 0.15) is 20.8 Å². The van der Waals surface area contributed by atoms with Crippen LogP contribution in [0.3, 0.4) is 0 Å². The molecule has 0 aromatic rings. The van der Waals surface area contributed by atoms with E-state index in [0.29, 0.717) is 0 Å². The van der Waals surface area contributed by atoms with Gasteiger partial charge in [0.15, 0.2) is 0 Å². The van der Waals surface area contributed by atoms with Gasteiger partial charge in [0.2, 0.25) is 0 Å². The molecule has 5 heteroatoms. The molecule has 0 amide bonds. The van der Waals surface area contributed by atoms with Crippen LogP contribution in [0.15, 0.2) is 0 Å². The topological polar surface area (TPSA) is 87.1 Å². The van der Waals surface area contributed by atoms with Gasteiger partial charge >= 0.3 is 5.97 Å². The Hall–Kier alpha value is -0.730. The molecule has 0 aromatic heterocycles. The van der Waals surface area contributed by atoms with Gasteiger partial charge in [-0.3, -0.25) is 4.79 Å². The molecule has 74 valence electrons. The van der Waals surface area contributed by atoms with Gasteiger partial charge in [-0.1, -0.05) is 0 Å². The Kier molecular flexibility index (Phi) is 4.24. The number of carboxylic acids is 1. The highest BCUT2D eigenvalue weighted by molar-refractivity contribution is 8.01. The van der Waals surface area contributed by atoms with Crippen molar-refractivity contribution in [1.29, 1.82) is 5.26 Å². The third-order valence-corrected chi connectivity index (χ3v) is 3.00. The Balaban J connectivity index is 4.40. The summed E-state index contributed by atoms with van der Waals surface area (Å²) in [6.07, 6.45) is 0. The van der Waals surface area contributed by atoms with Crippen LogP contribution in [0.2, 0.25) is 0 Å². The quantitative estimate of drug-likeness (QED) is 0.704. The number of aliphatic carboxylic acids is 1. The van der Waals surface area contributed by atoms with Gasteiger partial charge in [-0.2, -0.15) is 5.26 Å². The minimum Gasteiger partial charge on any atom is -0.480 e. The van der Waals surface area contributed by atoms with E-state index in [1.165, 1.54) is 11.8 Å². The normalized spacial score (nSPS) is 15.9. The van der Waals surface area contributed by atoms with E-state index in [1.807, 2.05) is 6.07 Å². The summed E-state index contributed by atoms with van der Waals surface area (Å²) in [6.45, 7) is 5.18. The maximum Gasteiger partial charge on any atom is 0.321 e. The summed E-state index contributed by atoms with van der Waals surface area (Å²) in [5.74, 6) is -1.04. The van der Waals surface area contributed by atoms with E-state index in [4.69, 9.17) is 16.1 Å². The van der Waals surface area contributed by atoms with Gasteiger partial charge in [-0.15, -0.1) is 11.8 Å². The number of hydrogen-bond acceptors (Lipinski definition) is 4. The standard InChI is InChI=1S/C8H14N2O2S/c1-5(4-9)13-8(2,3)6(10)7(11)12/h5-6H,10H2,1-3H3,(H,11,12)/t5?,6-/m1/s1. The molecule has 0 bridgehead atoms. The van der Waals surface area contributed by atoms with Gasteiger partial charge in [-0.05, 0) is 20.8 Å². The molecule has 13 heavy (non-hydrogen) atoms. The van der Waals surface area contributed by atoms with Crippen molar-refractivity contribution < 1.29 is 9.90 Å². The lowest BCUT2D eigenvalue weighted by atomic mass is 10.1. The number of carboxylic acid groups (broad SMARTS) is 1. The van der Waals surface area contributed by atoms with E-state index in [1.54, 1.807) is 20.8 Å². The molecule has 0 aliphatic heterocycles. The van der Waals surface area contributed by atoms with Gasteiger partial charge in [0, 0.05) is 4.75 Å². The Morgan fingerprint density at radius 3 is 2.46 bits per heavy atom. The van der Waals surface area contributed by atoms with Gasteiger partial charge in [-0.25, -0.2) is 0 Å². The second kappa shape index (κ2) is 4.49. The highest BCUT2D eigenvalue weighted by Crippen LogP contribution is 2.30. The van der Waals surface area contributed by atoms with E-state index < -0.39 is 16.8 Å². The van der Waals surface area contributed by atoms with Gasteiger partial charge in [0.25, 0.3) is 0 Å². The van der Waals surface area contributed by atoms with Crippen molar-refractivity contribution in [2.45, 2.75) is 36.8 Å². The Labute approximate surface area is 82.1 Å². The van der Waals surface area contributed by atoms with E-state index in [-0.39, 0.29) is 5.25 Å². The van der Waals surface area contributed by atoms with Crippen molar-refractivity contribution in [2.75, 3.05) is 0 Å². The number of nitriles is 1. The maximum atomic E-state index is 10.6. The van der Waals surface area contributed by atoms with Crippen LogP contribution < -0.4 is 5.73 Å². The molecule has 3 N–H and O–H groups in total. The lowest BCUT2D eigenvalue weighted by molar-refractivity contribution is -0.139. The second-order valence-corrected chi connectivity index (χ2v) is 5.30.